The van der Waals surface area contributed by atoms with Gasteiger partial charge in [-0.2, -0.15) is 0 Å². The van der Waals surface area contributed by atoms with Gasteiger partial charge < -0.3 is 14.8 Å². The highest BCUT2D eigenvalue weighted by Crippen LogP contribution is 2.27. The van der Waals surface area contributed by atoms with Crippen molar-refractivity contribution in [3.8, 4) is 11.5 Å². The number of carbonyl (C=O) groups is 1. The fraction of sp³-hybridized carbons (Fsp3) is 0.435. The van der Waals surface area contributed by atoms with Gasteiger partial charge in [0.15, 0.2) is 0 Å². The molecular formula is C23H30N4O3. The topological polar surface area (TPSA) is 74.9 Å². The zero-order chi connectivity index (χ0) is 20.9. The molecule has 0 bridgehead atoms. The van der Waals surface area contributed by atoms with Crippen molar-refractivity contribution in [3.63, 3.8) is 0 Å². The average Bonchev–Trinajstić information content (AvgIpc) is 3.30. The molecule has 4 rings (SSSR count). The number of methoxy groups -OCH3 is 2. The number of amides is 1. The van der Waals surface area contributed by atoms with E-state index in [1.165, 1.54) is 5.56 Å². The van der Waals surface area contributed by atoms with E-state index in [4.69, 9.17) is 9.47 Å². The predicted molar refractivity (Wildman–Crippen MR) is 115 cm³/mol. The quantitative estimate of drug-likeness (QED) is 0.679. The fourth-order valence-corrected chi connectivity index (χ4v) is 4.29. The normalized spacial score (nSPS) is 22.6. The molecule has 1 amide bonds. The van der Waals surface area contributed by atoms with Crippen LogP contribution >= 0.6 is 0 Å². The first-order valence-corrected chi connectivity index (χ1v) is 10.5. The summed E-state index contributed by atoms with van der Waals surface area (Å²) in [5.41, 5.74) is 8.71. The summed E-state index contributed by atoms with van der Waals surface area (Å²) in [6.07, 6.45) is 3.20. The van der Waals surface area contributed by atoms with E-state index in [1.54, 1.807) is 32.4 Å². The maximum Gasteiger partial charge on any atom is 0.255 e. The summed E-state index contributed by atoms with van der Waals surface area (Å²) < 4.78 is 10.6. The Morgan fingerprint density at radius 3 is 2.50 bits per heavy atom. The fourth-order valence-electron chi connectivity index (χ4n) is 4.29. The SMILES string of the molecule is COc1ccc(C(=O)NC2CCN(C3CC(c4ccccc4)NN3)CC2)c(OC)c1. The van der Waals surface area contributed by atoms with Crippen LogP contribution in [0.4, 0.5) is 0 Å². The van der Waals surface area contributed by atoms with Crippen LogP contribution in [0, 0.1) is 0 Å². The molecule has 2 saturated heterocycles. The molecule has 160 valence electrons. The third kappa shape index (κ3) is 4.59. The van der Waals surface area contributed by atoms with E-state index in [0.29, 0.717) is 29.3 Å². The molecule has 2 fully saturated rings. The van der Waals surface area contributed by atoms with Crippen molar-refractivity contribution in [3.05, 3.63) is 59.7 Å². The lowest BCUT2D eigenvalue weighted by molar-refractivity contribution is 0.0877. The Balaban J connectivity index is 1.28. The smallest absolute Gasteiger partial charge is 0.255 e. The summed E-state index contributed by atoms with van der Waals surface area (Å²) in [4.78, 5) is 15.2. The minimum Gasteiger partial charge on any atom is -0.497 e. The van der Waals surface area contributed by atoms with Crippen LogP contribution in [0.1, 0.15) is 41.2 Å². The first kappa shape index (κ1) is 20.7. The molecule has 0 aromatic heterocycles. The highest BCUT2D eigenvalue weighted by molar-refractivity contribution is 5.97. The molecule has 2 aromatic carbocycles. The minimum absolute atomic E-state index is 0.0993. The summed E-state index contributed by atoms with van der Waals surface area (Å²) in [6.45, 7) is 1.90. The Morgan fingerprint density at radius 1 is 1.03 bits per heavy atom. The molecule has 0 spiro atoms. The van der Waals surface area contributed by atoms with Crippen molar-refractivity contribution in [1.82, 2.24) is 21.1 Å². The molecule has 0 saturated carbocycles. The first-order chi connectivity index (χ1) is 14.7. The Kier molecular flexibility index (Phi) is 6.52. The van der Waals surface area contributed by atoms with Crippen LogP contribution < -0.4 is 25.6 Å². The standard InChI is InChI=1S/C23H30N4O3/c1-29-18-8-9-19(21(14-18)30-2)23(28)24-17-10-12-27(13-11-17)22-15-20(25-26-22)16-6-4-3-5-7-16/h3-9,14,17,20,22,25-26H,10-13,15H2,1-2H3,(H,24,28). The van der Waals surface area contributed by atoms with Gasteiger partial charge in [0.05, 0.1) is 25.9 Å². The number of rotatable bonds is 6. The third-order valence-corrected chi connectivity index (χ3v) is 6.04. The summed E-state index contributed by atoms with van der Waals surface area (Å²) in [7, 11) is 3.16. The molecule has 3 N–H and O–H groups in total. The summed E-state index contributed by atoms with van der Waals surface area (Å²) >= 11 is 0. The highest BCUT2D eigenvalue weighted by atomic mass is 16.5. The molecule has 2 atom stereocenters. The maximum absolute atomic E-state index is 12.8. The van der Waals surface area contributed by atoms with Gasteiger partial charge in [-0.3, -0.25) is 9.69 Å². The number of hydrogen-bond acceptors (Lipinski definition) is 6. The first-order valence-electron chi connectivity index (χ1n) is 10.5. The molecule has 0 radical (unpaired) electrons. The van der Waals surface area contributed by atoms with Crippen molar-refractivity contribution >= 4 is 5.91 Å². The molecule has 7 nitrogen and oxygen atoms in total. The molecule has 30 heavy (non-hydrogen) atoms. The maximum atomic E-state index is 12.8. The van der Waals surface area contributed by atoms with E-state index in [2.05, 4.69) is 45.3 Å². The van der Waals surface area contributed by atoms with E-state index in [0.717, 1.165) is 32.4 Å². The Labute approximate surface area is 177 Å². The lowest BCUT2D eigenvalue weighted by atomic mass is 10.0. The number of piperidine rings is 1. The van der Waals surface area contributed by atoms with Gasteiger partial charge in [-0.15, -0.1) is 0 Å². The molecule has 0 aliphatic carbocycles. The van der Waals surface area contributed by atoms with Gasteiger partial charge in [0, 0.05) is 31.2 Å². The van der Waals surface area contributed by atoms with Gasteiger partial charge in [0.25, 0.3) is 5.91 Å². The van der Waals surface area contributed by atoms with Crippen molar-refractivity contribution in [2.45, 2.75) is 37.5 Å². The van der Waals surface area contributed by atoms with Crippen LogP contribution in [0.2, 0.25) is 0 Å². The van der Waals surface area contributed by atoms with Crippen LogP contribution in [-0.4, -0.2) is 50.3 Å². The van der Waals surface area contributed by atoms with Crippen LogP contribution in [-0.2, 0) is 0 Å². The van der Waals surface area contributed by atoms with Crippen molar-refractivity contribution < 1.29 is 14.3 Å². The minimum atomic E-state index is -0.0993. The Morgan fingerprint density at radius 2 is 1.80 bits per heavy atom. The molecule has 7 heteroatoms. The Hall–Kier alpha value is -2.61. The van der Waals surface area contributed by atoms with E-state index in [1.807, 2.05) is 6.07 Å². The predicted octanol–water partition coefficient (Wildman–Crippen LogP) is 2.46. The second-order valence-corrected chi connectivity index (χ2v) is 7.85. The number of hydrogen-bond donors (Lipinski definition) is 3. The van der Waals surface area contributed by atoms with Crippen molar-refractivity contribution in [2.75, 3.05) is 27.3 Å². The monoisotopic (exact) mass is 410 g/mol. The molecule has 2 aliphatic heterocycles. The zero-order valence-electron chi connectivity index (χ0n) is 17.6. The number of benzene rings is 2. The van der Waals surface area contributed by atoms with Gasteiger partial charge in [-0.1, -0.05) is 30.3 Å². The largest absolute Gasteiger partial charge is 0.497 e. The third-order valence-electron chi connectivity index (χ3n) is 6.04. The lowest BCUT2D eigenvalue weighted by Crippen LogP contribution is -2.51. The number of nitrogens with zero attached hydrogens (tertiary/aromatic N) is 1. The second-order valence-electron chi connectivity index (χ2n) is 7.85. The van der Waals surface area contributed by atoms with Crippen LogP contribution in [0.15, 0.2) is 48.5 Å². The molecular weight excluding hydrogens is 380 g/mol. The number of nitrogens with one attached hydrogen (secondary N) is 3. The molecule has 2 aromatic rings. The second kappa shape index (κ2) is 9.47. The Bertz CT molecular complexity index is 853. The average molecular weight is 411 g/mol. The molecule has 2 unspecified atom stereocenters. The van der Waals surface area contributed by atoms with Gasteiger partial charge >= 0.3 is 0 Å². The van der Waals surface area contributed by atoms with Gasteiger partial charge in [-0.25, -0.2) is 10.9 Å². The van der Waals surface area contributed by atoms with E-state index >= 15 is 0 Å². The van der Waals surface area contributed by atoms with E-state index < -0.39 is 0 Å². The molecule has 2 aliphatic rings. The summed E-state index contributed by atoms with van der Waals surface area (Å²) in [5, 5.41) is 3.17. The van der Waals surface area contributed by atoms with E-state index in [-0.39, 0.29) is 11.9 Å². The number of ether oxygens (including phenoxy) is 2. The van der Waals surface area contributed by atoms with Crippen LogP contribution in [0.25, 0.3) is 0 Å². The van der Waals surface area contributed by atoms with Crippen LogP contribution in [0.5, 0.6) is 11.5 Å². The zero-order valence-corrected chi connectivity index (χ0v) is 17.6. The van der Waals surface area contributed by atoms with Crippen LogP contribution in [0.3, 0.4) is 0 Å². The summed E-state index contributed by atoms with van der Waals surface area (Å²) in [6, 6.07) is 16.3. The number of likely N-dealkylation sites (tertiary alicyclic amines) is 1. The van der Waals surface area contributed by atoms with E-state index in [9.17, 15) is 4.79 Å². The lowest BCUT2D eigenvalue weighted by Gasteiger charge is -2.35. The van der Waals surface area contributed by atoms with Gasteiger partial charge in [-0.05, 0) is 37.0 Å². The number of carbonyl (C=O) groups excluding carboxylic acids is 1. The van der Waals surface area contributed by atoms with Gasteiger partial charge in [0.1, 0.15) is 11.5 Å². The summed E-state index contributed by atoms with van der Waals surface area (Å²) in [5.74, 6) is 1.10. The van der Waals surface area contributed by atoms with Gasteiger partial charge in [0.2, 0.25) is 0 Å². The van der Waals surface area contributed by atoms with Crippen molar-refractivity contribution in [2.24, 2.45) is 0 Å². The molecule has 2 heterocycles. The highest BCUT2D eigenvalue weighted by Gasteiger charge is 2.32. The van der Waals surface area contributed by atoms with Crippen molar-refractivity contribution in [1.29, 1.82) is 0 Å². The number of hydrazine groups is 1.